The molecule has 0 aliphatic rings. The third-order valence-corrected chi connectivity index (χ3v) is 4.59. The van der Waals surface area contributed by atoms with E-state index in [0.717, 1.165) is 22.1 Å². The summed E-state index contributed by atoms with van der Waals surface area (Å²) in [5, 5.41) is 3.67. The lowest BCUT2D eigenvalue weighted by atomic mass is 10.1. The number of methoxy groups -OCH3 is 1. The van der Waals surface area contributed by atoms with E-state index in [1.807, 2.05) is 54.6 Å². The molecule has 0 heterocycles. The highest BCUT2D eigenvalue weighted by Crippen LogP contribution is 2.17. The van der Waals surface area contributed by atoms with Crippen LogP contribution in [0.25, 0.3) is 0 Å². The quantitative estimate of drug-likeness (QED) is 0.730. The van der Waals surface area contributed by atoms with Gasteiger partial charge in [0.1, 0.15) is 0 Å². The minimum absolute atomic E-state index is 0.106. The minimum Gasteiger partial charge on any atom is -0.367 e. The SMILES string of the molecule is CO[C@@H](C(=O)NCCSCc1ccc(Cl)cc1)c1ccccc1. The lowest BCUT2D eigenvalue weighted by Gasteiger charge is -2.15. The second-order valence-corrected chi connectivity index (χ2v) is 6.54. The molecule has 1 amide bonds. The van der Waals surface area contributed by atoms with Crippen molar-refractivity contribution >= 4 is 29.3 Å². The van der Waals surface area contributed by atoms with Gasteiger partial charge in [0, 0.05) is 30.2 Å². The molecule has 122 valence electrons. The summed E-state index contributed by atoms with van der Waals surface area (Å²) in [6.07, 6.45) is -0.558. The van der Waals surface area contributed by atoms with Crippen molar-refractivity contribution in [1.29, 1.82) is 0 Å². The number of hydrogen-bond acceptors (Lipinski definition) is 3. The molecule has 23 heavy (non-hydrogen) atoms. The summed E-state index contributed by atoms with van der Waals surface area (Å²) in [5.41, 5.74) is 2.09. The molecule has 0 aromatic heterocycles. The van der Waals surface area contributed by atoms with E-state index in [-0.39, 0.29) is 5.91 Å². The van der Waals surface area contributed by atoms with Gasteiger partial charge in [-0.05, 0) is 23.3 Å². The molecule has 5 heteroatoms. The van der Waals surface area contributed by atoms with Crippen LogP contribution < -0.4 is 5.32 Å². The molecule has 0 spiro atoms. The first-order chi connectivity index (χ1) is 11.2. The molecule has 0 aliphatic carbocycles. The molecular weight excluding hydrogens is 330 g/mol. The number of hydrogen-bond donors (Lipinski definition) is 1. The van der Waals surface area contributed by atoms with Crippen LogP contribution in [0.4, 0.5) is 0 Å². The van der Waals surface area contributed by atoms with Gasteiger partial charge in [0.2, 0.25) is 0 Å². The predicted octanol–water partition coefficient (Wildman–Crippen LogP) is 4.08. The Kier molecular flexibility index (Phi) is 7.46. The molecule has 1 atom stereocenters. The fourth-order valence-corrected chi connectivity index (χ4v) is 3.08. The molecule has 3 nitrogen and oxygen atoms in total. The Morgan fingerprint density at radius 2 is 1.87 bits per heavy atom. The highest BCUT2D eigenvalue weighted by atomic mass is 35.5. The van der Waals surface area contributed by atoms with Crippen molar-refractivity contribution in [3.05, 3.63) is 70.7 Å². The van der Waals surface area contributed by atoms with E-state index < -0.39 is 6.10 Å². The number of nitrogens with one attached hydrogen (secondary N) is 1. The van der Waals surface area contributed by atoms with Crippen LogP contribution in [-0.2, 0) is 15.3 Å². The van der Waals surface area contributed by atoms with Crippen LogP contribution in [0, 0.1) is 0 Å². The van der Waals surface area contributed by atoms with Crippen molar-refractivity contribution in [1.82, 2.24) is 5.32 Å². The van der Waals surface area contributed by atoms with Crippen molar-refractivity contribution in [3.8, 4) is 0 Å². The van der Waals surface area contributed by atoms with Crippen LogP contribution in [0.2, 0.25) is 5.02 Å². The second kappa shape index (κ2) is 9.60. The Hall–Kier alpha value is -1.49. The monoisotopic (exact) mass is 349 g/mol. The molecule has 0 fully saturated rings. The second-order valence-electron chi connectivity index (χ2n) is 5.00. The maximum absolute atomic E-state index is 12.2. The summed E-state index contributed by atoms with van der Waals surface area (Å²) in [4.78, 5) is 12.2. The summed E-state index contributed by atoms with van der Waals surface area (Å²) in [6, 6.07) is 17.3. The smallest absolute Gasteiger partial charge is 0.253 e. The molecule has 0 bridgehead atoms. The maximum atomic E-state index is 12.2. The van der Waals surface area contributed by atoms with Gasteiger partial charge in [-0.3, -0.25) is 4.79 Å². The average molecular weight is 350 g/mol. The van der Waals surface area contributed by atoms with Gasteiger partial charge < -0.3 is 10.1 Å². The van der Waals surface area contributed by atoms with Crippen LogP contribution in [0.5, 0.6) is 0 Å². The first-order valence-electron chi connectivity index (χ1n) is 7.38. The molecule has 0 saturated carbocycles. The summed E-state index contributed by atoms with van der Waals surface area (Å²) in [7, 11) is 1.55. The van der Waals surface area contributed by atoms with Crippen LogP contribution >= 0.6 is 23.4 Å². The van der Waals surface area contributed by atoms with E-state index in [1.165, 1.54) is 5.56 Å². The van der Waals surface area contributed by atoms with E-state index in [9.17, 15) is 4.79 Å². The molecule has 0 unspecified atom stereocenters. The number of benzene rings is 2. The number of amides is 1. The molecule has 0 aliphatic heterocycles. The molecule has 2 aromatic rings. The normalized spacial score (nSPS) is 11.9. The molecule has 2 rings (SSSR count). The molecule has 2 aromatic carbocycles. The standard InChI is InChI=1S/C18H20ClNO2S/c1-22-17(15-5-3-2-4-6-15)18(21)20-11-12-23-13-14-7-9-16(19)10-8-14/h2-10,17H,11-13H2,1H3,(H,20,21)/t17-/m1/s1. The van der Waals surface area contributed by atoms with Crippen molar-refractivity contribution in [2.75, 3.05) is 19.4 Å². The molecule has 0 saturated heterocycles. The molecule has 0 radical (unpaired) electrons. The number of rotatable bonds is 8. The number of halogens is 1. The van der Waals surface area contributed by atoms with Gasteiger partial charge in [0.05, 0.1) is 0 Å². The Morgan fingerprint density at radius 1 is 1.17 bits per heavy atom. The van der Waals surface area contributed by atoms with Crippen molar-refractivity contribution < 1.29 is 9.53 Å². The van der Waals surface area contributed by atoms with Gasteiger partial charge in [-0.15, -0.1) is 0 Å². The summed E-state index contributed by atoms with van der Waals surface area (Å²) >= 11 is 7.63. The Balaban J connectivity index is 1.70. The first-order valence-corrected chi connectivity index (χ1v) is 8.91. The maximum Gasteiger partial charge on any atom is 0.253 e. The van der Waals surface area contributed by atoms with Gasteiger partial charge in [0.25, 0.3) is 5.91 Å². The summed E-state index contributed by atoms with van der Waals surface area (Å²) in [6.45, 7) is 0.615. The lowest BCUT2D eigenvalue weighted by Crippen LogP contribution is -2.32. The van der Waals surface area contributed by atoms with E-state index in [1.54, 1.807) is 18.9 Å². The fourth-order valence-electron chi connectivity index (χ4n) is 2.13. The third-order valence-electron chi connectivity index (χ3n) is 3.30. The van der Waals surface area contributed by atoms with Crippen molar-refractivity contribution in [3.63, 3.8) is 0 Å². The van der Waals surface area contributed by atoms with E-state index in [4.69, 9.17) is 16.3 Å². The van der Waals surface area contributed by atoms with Gasteiger partial charge in [-0.2, -0.15) is 11.8 Å². The Morgan fingerprint density at radius 3 is 2.52 bits per heavy atom. The van der Waals surface area contributed by atoms with Crippen molar-refractivity contribution in [2.24, 2.45) is 0 Å². The van der Waals surface area contributed by atoms with Crippen LogP contribution in [0.15, 0.2) is 54.6 Å². The van der Waals surface area contributed by atoms with Crippen LogP contribution in [-0.4, -0.2) is 25.3 Å². The average Bonchev–Trinajstić information content (AvgIpc) is 2.58. The topological polar surface area (TPSA) is 38.3 Å². The first kappa shape index (κ1) is 17.9. The molecular formula is C18H20ClNO2S. The minimum atomic E-state index is -0.558. The van der Waals surface area contributed by atoms with Crippen LogP contribution in [0.3, 0.4) is 0 Å². The number of ether oxygens (including phenoxy) is 1. The fraction of sp³-hybridized carbons (Fsp3) is 0.278. The van der Waals surface area contributed by atoms with Crippen LogP contribution in [0.1, 0.15) is 17.2 Å². The highest BCUT2D eigenvalue weighted by Gasteiger charge is 2.18. The van der Waals surface area contributed by atoms with Gasteiger partial charge >= 0.3 is 0 Å². The van der Waals surface area contributed by atoms with Crippen molar-refractivity contribution in [2.45, 2.75) is 11.9 Å². The molecule has 1 N–H and O–H groups in total. The third kappa shape index (κ3) is 5.90. The van der Waals surface area contributed by atoms with E-state index >= 15 is 0 Å². The number of carbonyl (C=O) groups excluding carboxylic acids is 1. The van der Waals surface area contributed by atoms with Gasteiger partial charge in [-0.25, -0.2) is 0 Å². The Bertz CT molecular complexity index is 604. The van der Waals surface area contributed by atoms with Gasteiger partial charge in [0.15, 0.2) is 6.10 Å². The zero-order valence-electron chi connectivity index (χ0n) is 13.0. The summed E-state index contributed by atoms with van der Waals surface area (Å²) < 4.78 is 5.30. The lowest BCUT2D eigenvalue weighted by molar-refractivity contribution is -0.131. The predicted molar refractivity (Wildman–Crippen MR) is 96.8 cm³/mol. The number of thioether (sulfide) groups is 1. The zero-order valence-corrected chi connectivity index (χ0v) is 14.6. The largest absolute Gasteiger partial charge is 0.367 e. The van der Waals surface area contributed by atoms with Gasteiger partial charge in [-0.1, -0.05) is 54.1 Å². The van der Waals surface area contributed by atoms with E-state index in [2.05, 4.69) is 5.32 Å². The number of carbonyl (C=O) groups is 1. The van der Waals surface area contributed by atoms with E-state index in [0.29, 0.717) is 6.54 Å². The Labute approximate surface area is 146 Å². The zero-order chi connectivity index (χ0) is 16.5. The summed E-state index contributed by atoms with van der Waals surface area (Å²) in [5.74, 6) is 1.64. The highest BCUT2D eigenvalue weighted by molar-refractivity contribution is 7.98.